The molecule has 0 aromatic heterocycles. The highest BCUT2D eigenvalue weighted by Gasteiger charge is 2.44. The number of amides is 2. The van der Waals surface area contributed by atoms with E-state index in [1.165, 1.54) is 18.2 Å². The molecule has 2 amide bonds. The van der Waals surface area contributed by atoms with Gasteiger partial charge in [-0.25, -0.2) is 18.9 Å². The van der Waals surface area contributed by atoms with E-state index in [9.17, 15) is 18.8 Å². The first kappa shape index (κ1) is 19.9. The van der Waals surface area contributed by atoms with Gasteiger partial charge in [0.25, 0.3) is 0 Å². The number of hydrogen-bond donors (Lipinski definition) is 0. The van der Waals surface area contributed by atoms with Crippen molar-refractivity contribution in [1.82, 2.24) is 4.90 Å². The van der Waals surface area contributed by atoms with Crippen molar-refractivity contribution in [1.29, 1.82) is 0 Å². The van der Waals surface area contributed by atoms with Crippen LogP contribution in [0.4, 0.5) is 14.0 Å². The summed E-state index contributed by atoms with van der Waals surface area (Å²) in [6, 6.07) is 2.63. The normalized spacial score (nSPS) is 16.9. The van der Waals surface area contributed by atoms with Gasteiger partial charge in [-0.2, -0.15) is 0 Å². The zero-order valence-electron chi connectivity index (χ0n) is 15.9. The lowest BCUT2D eigenvalue weighted by Gasteiger charge is -2.31. The molecule has 0 radical (unpaired) electrons. The Bertz CT molecular complexity index is 717. The summed E-state index contributed by atoms with van der Waals surface area (Å²) >= 11 is 0. The number of Topliss-reactive ketones (excluding diaryl/α,β-unsaturated/α-hetero) is 1. The van der Waals surface area contributed by atoms with Crippen molar-refractivity contribution >= 4 is 18.0 Å². The topological polar surface area (TPSA) is 72.9 Å². The molecule has 0 heterocycles. The van der Waals surface area contributed by atoms with Gasteiger partial charge >= 0.3 is 12.2 Å². The Morgan fingerprint density at radius 2 is 1.54 bits per heavy atom. The second-order valence-corrected chi connectivity index (χ2v) is 8.22. The van der Waals surface area contributed by atoms with E-state index < -0.39 is 41.0 Å². The van der Waals surface area contributed by atoms with Crippen molar-refractivity contribution in [3.63, 3.8) is 0 Å². The molecular weight excluding hydrogens is 341 g/mol. The highest BCUT2D eigenvalue weighted by molar-refractivity contribution is 6.08. The van der Waals surface area contributed by atoms with Crippen LogP contribution in [0.5, 0.6) is 0 Å². The average Bonchev–Trinajstić information content (AvgIpc) is 2.71. The van der Waals surface area contributed by atoms with Crippen LogP contribution >= 0.6 is 0 Å². The summed E-state index contributed by atoms with van der Waals surface area (Å²) in [4.78, 5) is 38.6. The van der Waals surface area contributed by atoms with Gasteiger partial charge in [0, 0.05) is 12.0 Å². The predicted molar refractivity (Wildman–Crippen MR) is 92.5 cm³/mol. The van der Waals surface area contributed by atoms with Crippen molar-refractivity contribution in [2.75, 3.05) is 0 Å². The van der Waals surface area contributed by atoms with Gasteiger partial charge in [0.05, 0.1) is 0 Å². The van der Waals surface area contributed by atoms with Crippen LogP contribution in [0, 0.1) is 5.82 Å². The molecule has 1 atom stereocenters. The maximum atomic E-state index is 13.5. The zero-order chi connectivity index (χ0) is 19.9. The summed E-state index contributed by atoms with van der Waals surface area (Å²) < 4.78 is 24.0. The molecule has 0 saturated carbocycles. The molecule has 142 valence electrons. The van der Waals surface area contributed by atoms with Crippen molar-refractivity contribution in [3.05, 3.63) is 35.1 Å². The third kappa shape index (κ3) is 4.59. The number of rotatable bonds is 1. The number of ketones is 1. The van der Waals surface area contributed by atoms with Crippen molar-refractivity contribution in [2.24, 2.45) is 0 Å². The summed E-state index contributed by atoms with van der Waals surface area (Å²) in [6.07, 6.45) is -1.93. The Kier molecular flexibility index (Phi) is 5.12. The number of carbonyl (C=O) groups is 3. The number of hydrogen-bond acceptors (Lipinski definition) is 5. The summed E-state index contributed by atoms with van der Waals surface area (Å²) in [5.41, 5.74) is -0.999. The number of carbonyl (C=O) groups excluding carboxylic acids is 3. The molecule has 1 aromatic rings. The number of benzene rings is 1. The Hall–Kier alpha value is -2.44. The molecule has 0 saturated heterocycles. The standard InChI is InChI=1S/C19H24FNO5/c1-18(2,3)25-16(23)21(17(24)26-19(4,5)6)14-10-11-9-12(20)7-8-13(11)15(14)22/h7-9,14H,10H2,1-6H3. The van der Waals surface area contributed by atoms with E-state index in [1.807, 2.05) is 0 Å². The Balaban J connectivity index is 2.37. The van der Waals surface area contributed by atoms with E-state index in [0.717, 1.165) is 0 Å². The first-order chi connectivity index (χ1) is 11.8. The van der Waals surface area contributed by atoms with E-state index in [4.69, 9.17) is 9.47 Å². The molecule has 0 aliphatic heterocycles. The number of fused-ring (bicyclic) bond motifs is 1. The minimum atomic E-state index is -1.13. The lowest BCUT2D eigenvalue weighted by Crippen LogP contribution is -2.51. The zero-order valence-corrected chi connectivity index (χ0v) is 15.9. The van der Waals surface area contributed by atoms with Gasteiger partial charge in [0.15, 0.2) is 5.78 Å². The van der Waals surface area contributed by atoms with Crippen LogP contribution in [-0.2, 0) is 15.9 Å². The third-order valence-electron chi connectivity index (χ3n) is 3.54. The molecule has 0 spiro atoms. The maximum Gasteiger partial charge on any atom is 0.420 e. The lowest BCUT2D eigenvalue weighted by atomic mass is 10.1. The fourth-order valence-electron chi connectivity index (χ4n) is 2.61. The summed E-state index contributed by atoms with van der Waals surface area (Å²) in [5.74, 6) is -0.935. The van der Waals surface area contributed by atoms with Crippen molar-refractivity contribution in [3.8, 4) is 0 Å². The second-order valence-electron chi connectivity index (χ2n) is 8.22. The molecule has 1 aliphatic rings. The molecule has 1 aromatic carbocycles. The number of ether oxygens (including phenoxy) is 2. The van der Waals surface area contributed by atoms with Crippen LogP contribution in [0.1, 0.15) is 57.5 Å². The number of imide groups is 1. The van der Waals surface area contributed by atoms with E-state index in [2.05, 4.69) is 0 Å². The number of halogens is 1. The van der Waals surface area contributed by atoms with Gasteiger partial charge in [0.2, 0.25) is 0 Å². The monoisotopic (exact) mass is 365 g/mol. The van der Waals surface area contributed by atoms with E-state index in [1.54, 1.807) is 41.5 Å². The summed E-state index contributed by atoms with van der Waals surface area (Å²) in [6.45, 7) is 9.91. The number of nitrogens with zero attached hydrogens (tertiary/aromatic N) is 1. The van der Waals surface area contributed by atoms with Crippen LogP contribution in [0.2, 0.25) is 0 Å². The molecule has 1 unspecified atom stereocenters. The van der Waals surface area contributed by atoms with Crippen LogP contribution in [0.3, 0.4) is 0 Å². The van der Waals surface area contributed by atoms with Crippen LogP contribution in [0.25, 0.3) is 0 Å². The van der Waals surface area contributed by atoms with Crippen LogP contribution in [0.15, 0.2) is 18.2 Å². The van der Waals surface area contributed by atoms with Gasteiger partial charge in [-0.1, -0.05) is 0 Å². The quantitative estimate of drug-likeness (QED) is 0.749. The first-order valence-corrected chi connectivity index (χ1v) is 8.36. The highest BCUT2D eigenvalue weighted by Crippen LogP contribution is 2.29. The average molecular weight is 365 g/mol. The molecule has 0 N–H and O–H groups in total. The molecule has 0 fully saturated rings. The Morgan fingerprint density at radius 1 is 1.04 bits per heavy atom. The maximum absolute atomic E-state index is 13.5. The third-order valence-corrected chi connectivity index (χ3v) is 3.54. The van der Waals surface area contributed by atoms with E-state index in [-0.39, 0.29) is 12.0 Å². The van der Waals surface area contributed by atoms with Gasteiger partial charge in [-0.3, -0.25) is 4.79 Å². The van der Waals surface area contributed by atoms with Crippen LogP contribution < -0.4 is 0 Å². The largest absolute Gasteiger partial charge is 0.443 e. The molecule has 2 rings (SSSR count). The van der Waals surface area contributed by atoms with Crippen molar-refractivity contribution in [2.45, 2.75) is 65.2 Å². The van der Waals surface area contributed by atoms with Gasteiger partial charge in [0.1, 0.15) is 23.1 Å². The molecule has 7 heteroatoms. The molecular formula is C19H24FNO5. The van der Waals surface area contributed by atoms with Gasteiger partial charge in [-0.05, 0) is 65.3 Å². The molecule has 0 bridgehead atoms. The smallest absolute Gasteiger partial charge is 0.420 e. The van der Waals surface area contributed by atoms with Crippen molar-refractivity contribution < 1.29 is 28.2 Å². The first-order valence-electron chi connectivity index (χ1n) is 8.36. The Morgan fingerprint density at radius 3 is 2.00 bits per heavy atom. The minimum absolute atomic E-state index is 0.0183. The Labute approximate surface area is 152 Å². The molecule has 6 nitrogen and oxygen atoms in total. The fraction of sp³-hybridized carbons (Fsp3) is 0.526. The van der Waals surface area contributed by atoms with Crippen LogP contribution in [-0.4, -0.2) is 40.1 Å². The fourth-order valence-corrected chi connectivity index (χ4v) is 2.61. The highest BCUT2D eigenvalue weighted by atomic mass is 19.1. The van der Waals surface area contributed by atoms with E-state index in [0.29, 0.717) is 10.5 Å². The molecule has 26 heavy (non-hydrogen) atoms. The summed E-state index contributed by atoms with van der Waals surface area (Å²) in [5, 5.41) is 0. The van der Waals surface area contributed by atoms with E-state index >= 15 is 0 Å². The predicted octanol–water partition coefficient (Wildman–Crippen LogP) is 4.11. The lowest BCUT2D eigenvalue weighted by molar-refractivity contribution is -0.00569. The minimum Gasteiger partial charge on any atom is -0.443 e. The summed E-state index contributed by atoms with van der Waals surface area (Å²) in [7, 11) is 0. The second kappa shape index (κ2) is 6.70. The SMILES string of the molecule is CC(C)(C)OC(=O)N(C(=O)OC(C)(C)C)C1Cc2cc(F)ccc2C1=O. The molecule has 1 aliphatic carbocycles. The van der Waals surface area contributed by atoms with Gasteiger partial charge < -0.3 is 9.47 Å². The van der Waals surface area contributed by atoms with Gasteiger partial charge in [-0.15, -0.1) is 0 Å².